The Hall–Kier alpha value is -0.930. The Balaban J connectivity index is 2.55. The van der Waals surface area contributed by atoms with Gasteiger partial charge in [0.25, 0.3) is 0 Å². The summed E-state index contributed by atoms with van der Waals surface area (Å²) in [7, 11) is 1.68. The van der Waals surface area contributed by atoms with E-state index in [1.807, 2.05) is 6.07 Å². The lowest BCUT2D eigenvalue weighted by Gasteiger charge is -2.25. The van der Waals surface area contributed by atoms with E-state index in [9.17, 15) is 4.39 Å². The lowest BCUT2D eigenvalue weighted by molar-refractivity contribution is 0.197. The lowest BCUT2D eigenvalue weighted by atomic mass is 9.84. The van der Waals surface area contributed by atoms with Gasteiger partial charge in [-0.3, -0.25) is 0 Å². The first-order valence-electron chi connectivity index (χ1n) is 5.52. The van der Waals surface area contributed by atoms with E-state index in [-0.39, 0.29) is 11.2 Å². The summed E-state index contributed by atoms with van der Waals surface area (Å²) in [4.78, 5) is 0. The third-order valence-electron chi connectivity index (χ3n) is 2.66. The van der Waals surface area contributed by atoms with Crippen LogP contribution in [0.25, 0.3) is 0 Å². The minimum Gasteiger partial charge on any atom is -0.383 e. The summed E-state index contributed by atoms with van der Waals surface area (Å²) in [5, 5.41) is 3.30. The van der Waals surface area contributed by atoms with Crippen LogP contribution >= 0.6 is 0 Å². The zero-order valence-corrected chi connectivity index (χ0v) is 10.2. The second kappa shape index (κ2) is 5.97. The van der Waals surface area contributed by atoms with E-state index in [4.69, 9.17) is 4.74 Å². The molecule has 0 unspecified atom stereocenters. The molecule has 0 aromatic heterocycles. The molecule has 0 saturated heterocycles. The van der Waals surface area contributed by atoms with Crippen LogP contribution in [0.15, 0.2) is 24.3 Å². The number of ether oxygens (including phenoxy) is 1. The van der Waals surface area contributed by atoms with E-state index >= 15 is 0 Å². The molecule has 0 amide bonds. The third-order valence-corrected chi connectivity index (χ3v) is 2.66. The first-order valence-corrected chi connectivity index (χ1v) is 5.52. The van der Waals surface area contributed by atoms with Crippen molar-refractivity contribution in [2.45, 2.75) is 19.3 Å². The van der Waals surface area contributed by atoms with Crippen molar-refractivity contribution in [1.29, 1.82) is 0 Å². The fraction of sp³-hybridized carbons (Fsp3) is 0.538. The summed E-state index contributed by atoms with van der Waals surface area (Å²) in [6, 6.07) is 6.78. The van der Waals surface area contributed by atoms with Crippen molar-refractivity contribution in [2.24, 2.45) is 0 Å². The van der Waals surface area contributed by atoms with Crippen LogP contribution in [0.3, 0.4) is 0 Å². The summed E-state index contributed by atoms with van der Waals surface area (Å²) in [5.41, 5.74) is 0.938. The van der Waals surface area contributed by atoms with Crippen LogP contribution < -0.4 is 5.32 Å². The fourth-order valence-electron chi connectivity index (χ4n) is 1.59. The van der Waals surface area contributed by atoms with Gasteiger partial charge in [-0.25, -0.2) is 4.39 Å². The van der Waals surface area contributed by atoms with Gasteiger partial charge in [0.1, 0.15) is 5.82 Å². The fourth-order valence-corrected chi connectivity index (χ4v) is 1.59. The van der Waals surface area contributed by atoms with Crippen LogP contribution in [-0.4, -0.2) is 26.8 Å². The topological polar surface area (TPSA) is 21.3 Å². The van der Waals surface area contributed by atoms with Crippen molar-refractivity contribution in [1.82, 2.24) is 5.32 Å². The van der Waals surface area contributed by atoms with Gasteiger partial charge in [0.2, 0.25) is 0 Å². The summed E-state index contributed by atoms with van der Waals surface area (Å²) >= 11 is 0. The first-order chi connectivity index (χ1) is 7.56. The Morgan fingerprint density at radius 3 is 2.75 bits per heavy atom. The summed E-state index contributed by atoms with van der Waals surface area (Å²) in [6.45, 7) is 6.51. The zero-order valence-electron chi connectivity index (χ0n) is 10.2. The number of hydrogen-bond donors (Lipinski definition) is 1. The molecule has 1 rings (SSSR count). The maximum atomic E-state index is 13.1. The first kappa shape index (κ1) is 13.1. The van der Waals surface area contributed by atoms with Crippen molar-refractivity contribution >= 4 is 0 Å². The van der Waals surface area contributed by atoms with Crippen molar-refractivity contribution < 1.29 is 9.13 Å². The van der Waals surface area contributed by atoms with Gasteiger partial charge >= 0.3 is 0 Å². The van der Waals surface area contributed by atoms with E-state index in [1.54, 1.807) is 19.2 Å². The van der Waals surface area contributed by atoms with Crippen molar-refractivity contribution in [3.05, 3.63) is 35.6 Å². The van der Waals surface area contributed by atoms with Gasteiger partial charge in [-0.2, -0.15) is 0 Å². The van der Waals surface area contributed by atoms with Crippen molar-refractivity contribution in [3.8, 4) is 0 Å². The minimum atomic E-state index is -0.178. The lowest BCUT2D eigenvalue weighted by Crippen LogP contribution is -2.34. The second-order valence-corrected chi connectivity index (χ2v) is 4.56. The average molecular weight is 225 g/mol. The molecule has 0 aliphatic rings. The van der Waals surface area contributed by atoms with Crippen molar-refractivity contribution in [3.63, 3.8) is 0 Å². The van der Waals surface area contributed by atoms with Gasteiger partial charge in [0.05, 0.1) is 6.61 Å². The normalized spacial score (nSPS) is 11.8. The molecule has 0 atom stereocenters. The molecule has 0 aliphatic heterocycles. The van der Waals surface area contributed by atoms with Gasteiger partial charge in [0.15, 0.2) is 0 Å². The number of rotatable bonds is 6. The Labute approximate surface area is 96.8 Å². The smallest absolute Gasteiger partial charge is 0.123 e. The molecule has 1 N–H and O–H groups in total. The molecule has 3 heteroatoms. The third kappa shape index (κ3) is 3.91. The minimum absolute atomic E-state index is 0.0736. The summed E-state index contributed by atoms with van der Waals surface area (Å²) < 4.78 is 18.1. The average Bonchev–Trinajstić information content (AvgIpc) is 2.24. The zero-order chi connectivity index (χ0) is 12.0. The second-order valence-electron chi connectivity index (χ2n) is 4.56. The molecule has 0 aliphatic carbocycles. The van der Waals surface area contributed by atoms with Gasteiger partial charge in [0, 0.05) is 25.6 Å². The van der Waals surface area contributed by atoms with E-state index in [0.29, 0.717) is 6.61 Å². The standard InChI is InChI=1S/C13H20FNO/c1-13(2,10-15-7-8-16-3)11-5-4-6-12(14)9-11/h4-6,9,15H,7-8,10H2,1-3H3. The van der Waals surface area contributed by atoms with E-state index in [0.717, 1.165) is 18.7 Å². The molecule has 1 aromatic rings. The monoisotopic (exact) mass is 225 g/mol. The van der Waals surface area contributed by atoms with Gasteiger partial charge in [-0.15, -0.1) is 0 Å². The molecule has 0 saturated carbocycles. The molecule has 16 heavy (non-hydrogen) atoms. The Morgan fingerprint density at radius 2 is 2.12 bits per heavy atom. The Kier molecular flexibility index (Phi) is 4.90. The predicted molar refractivity (Wildman–Crippen MR) is 64.2 cm³/mol. The Morgan fingerprint density at radius 1 is 1.38 bits per heavy atom. The van der Waals surface area contributed by atoms with E-state index < -0.39 is 0 Å². The highest BCUT2D eigenvalue weighted by Gasteiger charge is 2.20. The largest absolute Gasteiger partial charge is 0.383 e. The molecule has 90 valence electrons. The van der Waals surface area contributed by atoms with Crippen LogP contribution in [0.5, 0.6) is 0 Å². The van der Waals surface area contributed by atoms with Crippen LogP contribution in [0.1, 0.15) is 19.4 Å². The number of nitrogens with one attached hydrogen (secondary N) is 1. The SMILES string of the molecule is COCCNCC(C)(C)c1cccc(F)c1. The predicted octanol–water partition coefficient (Wildman–Crippen LogP) is 2.34. The van der Waals surface area contributed by atoms with Crippen LogP contribution in [-0.2, 0) is 10.2 Å². The molecule has 0 radical (unpaired) electrons. The highest BCUT2D eigenvalue weighted by Crippen LogP contribution is 2.22. The molecule has 0 fully saturated rings. The molecule has 1 aromatic carbocycles. The van der Waals surface area contributed by atoms with Crippen LogP contribution in [0, 0.1) is 5.82 Å². The highest BCUT2D eigenvalue weighted by atomic mass is 19.1. The maximum absolute atomic E-state index is 13.1. The quantitative estimate of drug-likeness (QED) is 0.750. The molecule has 0 bridgehead atoms. The number of hydrogen-bond acceptors (Lipinski definition) is 2. The summed E-state index contributed by atoms with van der Waals surface area (Å²) in [6.07, 6.45) is 0. The van der Waals surface area contributed by atoms with E-state index in [2.05, 4.69) is 19.2 Å². The molecule has 0 spiro atoms. The van der Waals surface area contributed by atoms with E-state index in [1.165, 1.54) is 6.07 Å². The van der Waals surface area contributed by atoms with Crippen LogP contribution in [0.4, 0.5) is 4.39 Å². The Bertz CT molecular complexity index is 325. The van der Waals surface area contributed by atoms with Gasteiger partial charge < -0.3 is 10.1 Å². The molecular weight excluding hydrogens is 205 g/mol. The maximum Gasteiger partial charge on any atom is 0.123 e. The van der Waals surface area contributed by atoms with Crippen molar-refractivity contribution in [2.75, 3.05) is 26.8 Å². The highest BCUT2D eigenvalue weighted by molar-refractivity contribution is 5.24. The molecule has 0 heterocycles. The van der Waals surface area contributed by atoms with Gasteiger partial charge in [-0.1, -0.05) is 26.0 Å². The summed E-state index contributed by atoms with van der Waals surface area (Å²) in [5.74, 6) is -0.178. The molecular formula is C13H20FNO. The molecule has 2 nitrogen and oxygen atoms in total. The van der Waals surface area contributed by atoms with Crippen LogP contribution in [0.2, 0.25) is 0 Å². The number of benzene rings is 1. The number of halogens is 1. The number of methoxy groups -OCH3 is 1. The van der Waals surface area contributed by atoms with Gasteiger partial charge in [-0.05, 0) is 17.7 Å².